The maximum absolute atomic E-state index is 6.31. The van der Waals surface area contributed by atoms with E-state index >= 15 is 0 Å². The van der Waals surface area contributed by atoms with Gasteiger partial charge in [0.25, 0.3) is 0 Å². The zero-order valence-corrected chi connectivity index (χ0v) is 18.1. The van der Waals surface area contributed by atoms with Gasteiger partial charge in [-0.05, 0) is 48.9 Å². The van der Waals surface area contributed by atoms with E-state index in [2.05, 4.69) is 39.0 Å². The van der Waals surface area contributed by atoms with Crippen LogP contribution in [0, 0.1) is 11.8 Å². The number of nitrogens with two attached hydrogens (primary N) is 1. The Morgan fingerprint density at radius 1 is 1.00 bits per heavy atom. The molecule has 32 heavy (non-hydrogen) atoms. The smallest absolute Gasteiger partial charge is 0.218 e. The van der Waals surface area contributed by atoms with Crippen LogP contribution in [0.4, 0.5) is 0 Å². The molecule has 0 fully saturated rings. The summed E-state index contributed by atoms with van der Waals surface area (Å²) in [5, 5.41) is 13.1. The molecule has 0 saturated carbocycles. The minimum atomic E-state index is 0.341. The van der Waals surface area contributed by atoms with Gasteiger partial charge in [-0.15, -0.1) is 0 Å². The molecule has 0 aliphatic carbocycles. The highest BCUT2D eigenvalue weighted by Gasteiger charge is 2.15. The summed E-state index contributed by atoms with van der Waals surface area (Å²) in [5.41, 5.74) is 10.3. The second-order valence-electron chi connectivity index (χ2n) is 7.19. The normalized spacial score (nSPS) is 10.5. The van der Waals surface area contributed by atoms with Crippen LogP contribution in [-0.4, -0.2) is 25.0 Å². The molecule has 3 heterocycles. The highest BCUT2D eigenvalue weighted by Crippen LogP contribution is 2.34. The molecule has 0 spiro atoms. The van der Waals surface area contributed by atoms with Crippen molar-refractivity contribution in [1.82, 2.24) is 25.0 Å². The van der Waals surface area contributed by atoms with Crippen LogP contribution in [-0.2, 0) is 13.6 Å². The number of pyridine rings is 1. The predicted octanol–water partition coefficient (Wildman–Crippen LogP) is 4.34. The van der Waals surface area contributed by atoms with E-state index in [1.165, 1.54) is 0 Å². The number of nitrogens with zero attached hydrogens (tertiary/aromatic N) is 5. The summed E-state index contributed by atoms with van der Waals surface area (Å²) in [6.45, 7) is 2.45. The van der Waals surface area contributed by atoms with Crippen molar-refractivity contribution < 1.29 is 4.74 Å². The molecular weight excluding hydrogens is 400 g/mol. The molecule has 7 heteroatoms. The Balaban J connectivity index is 1.73. The lowest BCUT2D eigenvalue weighted by Gasteiger charge is -2.11. The molecular formula is C25H24N6O. The van der Waals surface area contributed by atoms with Crippen molar-refractivity contribution in [3.05, 3.63) is 72.1 Å². The lowest BCUT2D eigenvalue weighted by Crippen LogP contribution is -2.02. The molecule has 0 unspecified atom stereocenters. The Labute approximate surface area is 187 Å². The van der Waals surface area contributed by atoms with E-state index in [4.69, 9.17) is 10.5 Å². The molecule has 0 saturated heterocycles. The number of benzene rings is 1. The summed E-state index contributed by atoms with van der Waals surface area (Å²) >= 11 is 0. The van der Waals surface area contributed by atoms with Crippen LogP contribution in [0.3, 0.4) is 0 Å². The van der Waals surface area contributed by atoms with Crippen LogP contribution in [0.2, 0.25) is 0 Å². The summed E-state index contributed by atoms with van der Waals surface area (Å²) in [6, 6.07) is 17.2. The van der Waals surface area contributed by atoms with E-state index in [0.717, 1.165) is 41.1 Å². The third-order valence-corrected chi connectivity index (χ3v) is 4.77. The Bertz CT molecular complexity index is 1250. The quantitative estimate of drug-likeness (QED) is 0.463. The maximum Gasteiger partial charge on any atom is 0.218 e. The molecule has 0 bridgehead atoms. The van der Waals surface area contributed by atoms with Crippen LogP contribution < -0.4 is 10.5 Å². The zero-order chi connectivity index (χ0) is 22.3. The monoisotopic (exact) mass is 424 g/mol. The maximum atomic E-state index is 6.31. The average molecular weight is 425 g/mol. The summed E-state index contributed by atoms with van der Waals surface area (Å²) in [6.07, 6.45) is 3.60. The van der Waals surface area contributed by atoms with E-state index < -0.39 is 0 Å². The van der Waals surface area contributed by atoms with Gasteiger partial charge in [-0.2, -0.15) is 15.3 Å². The number of hydrogen-bond acceptors (Lipinski definition) is 6. The topological polar surface area (TPSA) is 91.7 Å². The van der Waals surface area contributed by atoms with Gasteiger partial charge in [-0.3, -0.25) is 4.98 Å². The summed E-state index contributed by atoms with van der Waals surface area (Å²) < 4.78 is 8.00. The molecule has 160 valence electrons. The number of ether oxygens (including phenoxy) is 1. The molecule has 4 rings (SSSR count). The molecule has 0 atom stereocenters. The predicted molar refractivity (Wildman–Crippen MR) is 124 cm³/mol. The minimum absolute atomic E-state index is 0.341. The van der Waals surface area contributed by atoms with E-state index in [0.29, 0.717) is 23.9 Å². The third kappa shape index (κ3) is 4.82. The molecule has 3 aromatic heterocycles. The lowest BCUT2D eigenvalue weighted by atomic mass is 10.1. The summed E-state index contributed by atoms with van der Waals surface area (Å²) in [7, 11) is 1.84. The second kappa shape index (κ2) is 9.86. The van der Waals surface area contributed by atoms with Gasteiger partial charge in [0, 0.05) is 43.4 Å². The molecule has 0 radical (unpaired) electrons. The van der Waals surface area contributed by atoms with Crippen molar-refractivity contribution in [2.24, 2.45) is 12.8 Å². The Hall–Kier alpha value is -4.02. The fraction of sp³-hybridized carbons (Fsp3) is 0.200. The van der Waals surface area contributed by atoms with Crippen molar-refractivity contribution >= 4 is 0 Å². The third-order valence-electron chi connectivity index (χ3n) is 4.77. The highest BCUT2D eigenvalue weighted by molar-refractivity contribution is 5.69. The van der Waals surface area contributed by atoms with Crippen LogP contribution in [0.5, 0.6) is 11.6 Å². The molecule has 2 N–H and O–H groups in total. The average Bonchev–Trinajstić information content (AvgIpc) is 3.20. The first-order valence-corrected chi connectivity index (χ1v) is 10.5. The fourth-order valence-electron chi connectivity index (χ4n) is 3.10. The van der Waals surface area contributed by atoms with E-state index in [1.54, 1.807) is 10.9 Å². The van der Waals surface area contributed by atoms with Crippen molar-refractivity contribution in [3.63, 3.8) is 0 Å². The van der Waals surface area contributed by atoms with Crippen LogP contribution >= 0.6 is 0 Å². The van der Waals surface area contributed by atoms with E-state index in [-0.39, 0.29) is 0 Å². The van der Waals surface area contributed by atoms with Crippen LogP contribution in [0.1, 0.15) is 31.0 Å². The minimum Gasteiger partial charge on any atom is -0.439 e. The molecule has 7 nitrogen and oxygen atoms in total. The zero-order valence-electron chi connectivity index (χ0n) is 18.1. The largest absolute Gasteiger partial charge is 0.439 e. The van der Waals surface area contributed by atoms with Gasteiger partial charge in [0.1, 0.15) is 11.4 Å². The van der Waals surface area contributed by atoms with Gasteiger partial charge in [-0.25, -0.2) is 4.68 Å². The van der Waals surface area contributed by atoms with Crippen LogP contribution in [0.15, 0.2) is 60.8 Å². The molecule has 4 aromatic rings. The molecule has 0 aliphatic heterocycles. The number of hydrogen-bond donors (Lipinski definition) is 1. The van der Waals surface area contributed by atoms with E-state index in [9.17, 15) is 0 Å². The number of rotatable bonds is 6. The van der Waals surface area contributed by atoms with E-state index in [1.807, 2.05) is 61.6 Å². The lowest BCUT2D eigenvalue weighted by molar-refractivity contribution is 0.432. The summed E-state index contributed by atoms with van der Waals surface area (Å²) in [4.78, 5) is 4.37. The second-order valence-corrected chi connectivity index (χ2v) is 7.19. The van der Waals surface area contributed by atoms with Gasteiger partial charge >= 0.3 is 0 Å². The molecule has 0 aliphatic rings. The number of unbranched alkanes of at least 4 members (excludes halogenated alkanes) is 1. The Morgan fingerprint density at radius 2 is 1.91 bits per heavy atom. The Kier molecular flexibility index (Phi) is 6.54. The fourth-order valence-corrected chi connectivity index (χ4v) is 3.10. The van der Waals surface area contributed by atoms with Crippen molar-refractivity contribution in [2.75, 3.05) is 0 Å². The van der Waals surface area contributed by atoms with Crippen molar-refractivity contribution in [1.29, 1.82) is 0 Å². The van der Waals surface area contributed by atoms with Gasteiger partial charge in [0.2, 0.25) is 5.88 Å². The standard InChI is InChI=1S/C25H24N6O/c1-3-4-5-8-18-10-12-20(21-13-11-19(17-26)28-29-21)24(15-18)32-25-16-23(30-31(25)2)22-9-6-7-14-27-22/h6-7,9-16H,3-4,17,26H2,1-2H3. The number of aryl methyl sites for hydroxylation is 1. The van der Waals surface area contributed by atoms with Gasteiger partial charge in [0.15, 0.2) is 0 Å². The Morgan fingerprint density at radius 3 is 2.62 bits per heavy atom. The first-order valence-electron chi connectivity index (χ1n) is 10.5. The molecule has 0 amide bonds. The molecule has 1 aromatic carbocycles. The first-order chi connectivity index (χ1) is 15.7. The highest BCUT2D eigenvalue weighted by atomic mass is 16.5. The summed E-state index contributed by atoms with van der Waals surface area (Å²) in [5.74, 6) is 7.58. The SMILES string of the molecule is CCCC#Cc1ccc(-c2ccc(CN)nn2)c(Oc2cc(-c3ccccn3)nn2C)c1. The van der Waals surface area contributed by atoms with Crippen LogP contribution in [0.25, 0.3) is 22.6 Å². The van der Waals surface area contributed by atoms with Gasteiger partial charge < -0.3 is 10.5 Å². The van der Waals surface area contributed by atoms with Crippen molar-refractivity contribution in [3.8, 4) is 46.1 Å². The van der Waals surface area contributed by atoms with Gasteiger partial charge in [0.05, 0.1) is 17.1 Å². The first kappa shape index (κ1) is 21.2. The number of aromatic nitrogens is 5. The van der Waals surface area contributed by atoms with Gasteiger partial charge in [-0.1, -0.05) is 24.8 Å². The van der Waals surface area contributed by atoms with Crippen molar-refractivity contribution in [2.45, 2.75) is 26.3 Å².